The third-order valence-corrected chi connectivity index (χ3v) is 2.35. The molecule has 0 saturated carbocycles. The van der Waals surface area contributed by atoms with Crippen molar-refractivity contribution in [3.05, 3.63) is 30.2 Å². The molecule has 17 heavy (non-hydrogen) atoms. The molecule has 0 radical (unpaired) electrons. The minimum absolute atomic E-state index is 0.475. The zero-order valence-electron chi connectivity index (χ0n) is 9.84. The number of aryl methyl sites for hydroxylation is 1. The van der Waals surface area contributed by atoms with Gasteiger partial charge in [0.1, 0.15) is 11.6 Å². The highest BCUT2D eigenvalue weighted by molar-refractivity contribution is 5.61. The molecule has 5 nitrogen and oxygen atoms in total. The summed E-state index contributed by atoms with van der Waals surface area (Å²) in [7, 11) is 1.58. The summed E-state index contributed by atoms with van der Waals surface area (Å²) in [5.74, 6) is 1.78. The number of methoxy groups -OCH3 is 1. The molecule has 2 heterocycles. The molecule has 0 unspecified atom stereocenters. The standard InChI is InChI=1S/C12H14N4O/c1-3-11-15-9(6-10(13)16-11)8-4-5-12(17-2)14-7-8/h4-7H,3H2,1-2H3,(H2,13,15,16). The second-order valence-corrected chi connectivity index (χ2v) is 3.54. The SMILES string of the molecule is CCc1nc(N)cc(-c2ccc(OC)nc2)n1. The van der Waals surface area contributed by atoms with Gasteiger partial charge in [-0.15, -0.1) is 0 Å². The predicted molar refractivity (Wildman–Crippen MR) is 65.6 cm³/mol. The van der Waals surface area contributed by atoms with Gasteiger partial charge in [-0.3, -0.25) is 0 Å². The fraction of sp³-hybridized carbons (Fsp3) is 0.250. The zero-order valence-corrected chi connectivity index (χ0v) is 9.84. The lowest BCUT2D eigenvalue weighted by Crippen LogP contribution is -2.00. The van der Waals surface area contributed by atoms with Crippen LogP contribution < -0.4 is 10.5 Å². The summed E-state index contributed by atoms with van der Waals surface area (Å²) in [5.41, 5.74) is 7.41. The van der Waals surface area contributed by atoms with E-state index in [-0.39, 0.29) is 0 Å². The van der Waals surface area contributed by atoms with Crippen LogP contribution >= 0.6 is 0 Å². The first kappa shape index (κ1) is 11.3. The number of rotatable bonds is 3. The summed E-state index contributed by atoms with van der Waals surface area (Å²) in [6.07, 6.45) is 2.46. The first-order chi connectivity index (χ1) is 8.22. The molecule has 0 aliphatic rings. The summed E-state index contributed by atoms with van der Waals surface area (Å²) >= 11 is 0. The summed E-state index contributed by atoms with van der Waals surface area (Å²) in [4.78, 5) is 12.7. The van der Waals surface area contributed by atoms with Crippen molar-refractivity contribution in [1.29, 1.82) is 0 Å². The average molecular weight is 230 g/mol. The quantitative estimate of drug-likeness (QED) is 0.868. The molecule has 0 fully saturated rings. The lowest BCUT2D eigenvalue weighted by atomic mass is 10.2. The van der Waals surface area contributed by atoms with Crippen LogP contribution in [0.25, 0.3) is 11.3 Å². The molecule has 2 rings (SSSR count). The van der Waals surface area contributed by atoms with E-state index in [2.05, 4.69) is 15.0 Å². The Kier molecular flexibility index (Phi) is 3.18. The van der Waals surface area contributed by atoms with E-state index in [4.69, 9.17) is 10.5 Å². The van der Waals surface area contributed by atoms with Crippen LogP contribution in [0.15, 0.2) is 24.4 Å². The van der Waals surface area contributed by atoms with Crippen LogP contribution in [0.5, 0.6) is 5.88 Å². The van der Waals surface area contributed by atoms with E-state index in [1.165, 1.54) is 0 Å². The van der Waals surface area contributed by atoms with Crippen molar-refractivity contribution < 1.29 is 4.74 Å². The molecule has 0 spiro atoms. The van der Waals surface area contributed by atoms with Gasteiger partial charge in [-0.25, -0.2) is 15.0 Å². The lowest BCUT2D eigenvalue weighted by molar-refractivity contribution is 0.398. The fourth-order valence-corrected chi connectivity index (χ4v) is 1.48. The van der Waals surface area contributed by atoms with Crippen LogP contribution in [0.3, 0.4) is 0 Å². The molecule has 5 heteroatoms. The molecule has 0 saturated heterocycles. The number of aromatic nitrogens is 3. The van der Waals surface area contributed by atoms with Crippen molar-refractivity contribution in [2.24, 2.45) is 0 Å². The Morgan fingerprint density at radius 2 is 2.12 bits per heavy atom. The summed E-state index contributed by atoms with van der Waals surface area (Å²) < 4.78 is 5.01. The third kappa shape index (κ3) is 2.50. The molecule has 0 aromatic carbocycles. The minimum atomic E-state index is 0.475. The first-order valence-corrected chi connectivity index (χ1v) is 5.36. The van der Waals surface area contributed by atoms with Crippen molar-refractivity contribution in [3.63, 3.8) is 0 Å². The van der Waals surface area contributed by atoms with Gasteiger partial charge in [0, 0.05) is 30.3 Å². The van der Waals surface area contributed by atoms with Crippen LogP contribution in [0.2, 0.25) is 0 Å². The highest BCUT2D eigenvalue weighted by Crippen LogP contribution is 2.19. The van der Waals surface area contributed by atoms with E-state index in [9.17, 15) is 0 Å². The smallest absolute Gasteiger partial charge is 0.212 e. The van der Waals surface area contributed by atoms with Crippen LogP contribution in [0, 0.1) is 0 Å². The number of nitrogens with two attached hydrogens (primary N) is 1. The van der Waals surface area contributed by atoms with Crippen molar-refractivity contribution in [3.8, 4) is 17.1 Å². The van der Waals surface area contributed by atoms with Crippen molar-refractivity contribution in [2.45, 2.75) is 13.3 Å². The number of pyridine rings is 1. The van der Waals surface area contributed by atoms with Gasteiger partial charge >= 0.3 is 0 Å². The Balaban J connectivity index is 2.41. The summed E-state index contributed by atoms with van der Waals surface area (Å²) in [5, 5.41) is 0. The van der Waals surface area contributed by atoms with Gasteiger partial charge in [-0.05, 0) is 6.07 Å². The minimum Gasteiger partial charge on any atom is -0.481 e. The number of nitrogen functional groups attached to an aromatic ring is 1. The van der Waals surface area contributed by atoms with E-state index in [0.717, 1.165) is 23.5 Å². The van der Waals surface area contributed by atoms with E-state index >= 15 is 0 Å². The topological polar surface area (TPSA) is 73.9 Å². The Morgan fingerprint density at radius 3 is 2.71 bits per heavy atom. The summed E-state index contributed by atoms with van der Waals surface area (Å²) in [6.45, 7) is 1.99. The molecule has 2 aromatic rings. The Morgan fingerprint density at radius 1 is 1.29 bits per heavy atom. The number of nitrogens with zero attached hydrogens (tertiary/aromatic N) is 3. The molecule has 0 aliphatic heterocycles. The number of anilines is 1. The van der Waals surface area contributed by atoms with Crippen LogP contribution in [-0.4, -0.2) is 22.1 Å². The number of ether oxygens (including phenoxy) is 1. The Bertz CT molecular complexity index is 510. The van der Waals surface area contributed by atoms with Crippen molar-refractivity contribution in [2.75, 3.05) is 12.8 Å². The molecule has 0 bridgehead atoms. The number of hydrogen-bond acceptors (Lipinski definition) is 5. The van der Waals surface area contributed by atoms with Gasteiger partial charge in [-0.1, -0.05) is 6.92 Å². The van der Waals surface area contributed by atoms with Crippen LogP contribution in [0.4, 0.5) is 5.82 Å². The number of hydrogen-bond donors (Lipinski definition) is 1. The average Bonchev–Trinajstić information content (AvgIpc) is 2.38. The third-order valence-electron chi connectivity index (χ3n) is 2.35. The first-order valence-electron chi connectivity index (χ1n) is 5.36. The van der Waals surface area contributed by atoms with Gasteiger partial charge in [0.05, 0.1) is 12.8 Å². The second-order valence-electron chi connectivity index (χ2n) is 3.54. The lowest BCUT2D eigenvalue weighted by Gasteiger charge is -2.05. The van der Waals surface area contributed by atoms with E-state index in [0.29, 0.717) is 11.7 Å². The normalized spacial score (nSPS) is 10.2. The molecule has 0 amide bonds. The highest BCUT2D eigenvalue weighted by Gasteiger charge is 2.04. The maximum Gasteiger partial charge on any atom is 0.212 e. The van der Waals surface area contributed by atoms with Gasteiger partial charge in [-0.2, -0.15) is 0 Å². The van der Waals surface area contributed by atoms with Gasteiger partial charge in [0.15, 0.2) is 0 Å². The molecular weight excluding hydrogens is 216 g/mol. The largest absolute Gasteiger partial charge is 0.481 e. The monoisotopic (exact) mass is 230 g/mol. The molecule has 0 aliphatic carbocycles. The second kappa shape index (κ2) is 4.78. The maximum absolute atomic E-state index is 5.73. The fourth-order valence-electron chi connectivity index (χ4n) is 1.48. The Labute approximate surface area is 99.7 Å². The highest BCUT2D eigenvalue weighted by atomic mass is 16.5. The predicted octanol–water partition coefficient (Wildman–Crippen LogP) is 1.69. The zero-order chi connectivity index (χ0) is 12.3. The summed E-state index contributed by atoms with van der Waals surface area (Å²) in [6, 6.07) is 5.43. The van der Waals surface area contributed by atoms with E-state index in [1.807, 2.05) is 13.0 Å². The molecule has 2 aromatic heterocycles. The molecule has 88 valence electrons. The molecular formula is C12H14N4O. The van der Waals surface area contributed by atoms with Crippen LogP contribution in [-0.2, 0) is 6.42 Å². The van der Waals surface area contributed by atoms with Gasteiger partial charge < -0.3 is 10.5 Å². The van der Waals surface area contributed by atoms with Gasteiger partial charge in [0.2, 0.25) is 5.88 Å². The maximum atomic E-state index is 5.73. The van der Waals surface area contributed by atoms with Crippen molar-refractivity contribution in [1.82, 2.24) is 15.0 Å². The Hall–Kier alpha value is -2.17. The molecule has 2 N–H and O–H groups in total. The van der Waals surface area contributed by atoms with E-state index in [1.54, 1.807) is 25.4 Å². The van der Waals surface area contributed by atoms with Crippen LogP contribution in [0.1, 0.15) is 12.7 Å². The van der Waals surface area contributed by atoms with Crippen molar-refractivity contribution >= 4 is 5.82 Å². The van der Waals surface area contributed by atoms with Gasteiger partial charge in [0.25, 0.3) is 0 Å². The van der Waals surface area contributed by atoms with E-state index < -0.39 is 0 Å². The molecule has 0 atom stereocenters.